The highest BCUT2D eigenvalue weighted by molar-refractivity contribution is 7.89. The highest BCUT2D eigenvalue weighted by Crippen LogP contribution is 2.21. The number of amides is 1. The molecule has 156 valence electrons. The van der Waals surface area contributed by atoms with Gasteiger partial charge in [-0.25, -0.2) is 8.42 Å². The molecule has 0 spiro atoms. The van der Waals surface area contributed by atoms with Gasteiger partial charge < -0.3 is 14.8 Å². The average molecular weight is 411 g/mol. The monoisotopic (exact) mass is 410 g/mol. The predicted octanol–water partition coefficient (Wildman–Crippen LogP) is 2.32. The van der Waals surface area contributed by atoms with Crippen molar-refractivity contribution in [2.75, 3.05) is 32.9 Å². The lowest BCUT2D eigenvalue weighted by atomic mass is 9.97. The Hall–Kier alpha value is -1.64. The zero-order chi connectivity index (χ0) is 19.8. The molecular weight excluding hydrogens is 380 g/mol. The van der Waals surface area contributed by atoms with Gasteiger partial charge in [0.2, 0.25) is 10.0 Å². The summed E-state index contributed by atoms with van der Waals surface area (Å²) in [7, 11) is -3.52. The number of carbonyl (C=O) groups excluding carboxylic acids is 1. The SMILES string of the molecule is O=C(COc1ccc(S(=O)(=O)N2CCOCC2)cc1)NC1CCCCCCC1. The molecule has 8 heteroatoms. The molecule has 1 saturated carbocycles. The summed E-state index contributed by atoms with van der Waals surface area (Å²) < 4.78 is 37.4. The summed E-state index contributed by atoms with van der Waals surface area (Å²) in [5, 5.41) is 3.06. The maximum absolute atomic E-state index is 12.6. The van der Waals surface area contributed by atoms with Crippen LogP contribution in [0.2, 0.25) is 0 Å². The molecule has 0 radical (unpaired) electrons. The van der Waals surface area contributed by atoms with Crippen molar-refractivity contribution in [2.24, 2.45) is 0 Å². The fourth-order valence-electron chi connectivity index (χ4n) is 3.66. The van der Waals surface area contributed by atoms with Crippen LogP contribution in [0.3, 0.4) is 0 Å². The second kappa shape index (κ2) is 10.2. The molecule has 0 atom stereocenters. The maximum Gasteiger partial charge on any atom is 0.258 e. The first-order valence-corrected chi connectivity index (χ1v) is 11.6. The first kappa shape index (κ1) is 21.1. The summed E-state index contributed by atoms with van der Waals surface area (Å²) in [6, 6.07) is 6.46. The minimum atomic E-state index is -3.52. The number of benzene rings is 1. The van der Waals surface area contributed by atoms with Crippen molar-refractivity contribution in [1.82, 2.24) is 9.62 Å². The van der Waals surface area contributed by atoms with Gasteiger partial charge in [-0.3, -0.25) is 4.79 Å². The Morgan fingerprint density at radius 3 is 2.29 bits per heavy atom. The lowest BCUT2D eigenvalue weighted by Gasteiger charge is -2.26. The number of rotatable bonds is 6. The van der Waals surface area contributed by atoms with Crippen molar-refractivity contribution in [2.45, 2.75) is 55.9 Å². The Labute approximate surface area is 167 Å². The van der Waals surface area contributed by atoms with Crippen LogP contribution in [-0.4, -0.2) is 57.6 Å². The summed E-state index contributed by atoms with van der Waals surface area (Å²) in [5.41, 5.74) is 0. The second-order valence-electron chi connectivity index (χ2n) is 7.39. The Morgan fingerprint density at radius 2 is 1.64 bits per heavy atom. The van der Waals surface area contributed by atoms with Crippen molar-refractivity contribution < 1.29 is 22.7 Å². The molecule has 28 heavy (non-hydrogen) atoms. The molecule has 1 heterocycles. The molecule has 3 rings (SSSR count). The highest BCUT2D eigenvalue weighted by Gasteiger charge is 2.26. The standard InChI is InChI=1S/C20H30N2O5S/c23-20(21-17-6-4-2-1-3-5-7-17)16-27-18-8-10-19(11-9-18)28(24,25)22-12-14-26-15-13-22/h8-11,17H,1-7,12-16H2,(H,21,23). The summed E-state index contributed by atoms with van der Waals surface area (Å²) in [4.78, 5) is 12.4. The number of nitrogens with zero attached hydrogens (tertiary/aromatic N) is 1. The maximum atomic E-state index is 12.6. The van der Waals surface area contributed by atoms with Gasteiger partial charge in [0.1, 0.15) is 5.75 Å². The molecule has 0 bridgehead atoms. The van der Waals surface area contributed by atoms with Gasteiger partial charge in [0, 0.05) is 19.1 Å². The fourth-order valence-corrected chi connectivity index (χ4v) is 5.07. The summed E-state index contributed by atoms with van der Waals surface area (Å²) in [6.07, 6.45) is 8.14. The quantitative estimate of drug-likeness (QED) is 0.778. The third-order valence-electron chi connectivity index (χ3n) is 5.27. The zero-order valence-corrected chi connectivity index (χ0v) is 17.1. The summed E-state index contributed by atoms with van der Waals surface area (Å²) in [5.74, 6) is 0.351. The van der Waals surface area contributed by atoms with Crippen LogP contribution in [0, 0.1) is 0 Å². The van der Waals surface area contributed by atoms with Crippen LogP contribution in [0.5, 0.6) is 5.75 Å². The van der Waals surface area contributed by atoms with Crippen molar-refractivity contribution >= 4 is 15.9 Å². The zero-order valence-electron chi connectivity index (χ0n) is 16.3. The number of ether oxygens (including phenoxy) is 2. The molecule has 1 N–H and O–H groups in total. The van der Waals surface area contributed by atoms with E-state index in [1.54, 1.807) is 12.1 Å². The number of hydrogen-bond donors (Lipinski definition) is 1. The van der Waals surface area contributed by atoms with Gasteiger partial charge in [0.25, 0.3) is 5.91 Å². The molecule has 0 unspecified atom stereocenters. The lowest BCUT2D eigenvalue weighted by Crippen LogP contribution is -2.40. The van der Waals surface area contributed by atoms with Gasteiger partial charge in [-0.1, -0.05) is 32.1 Å². The van der Waals surface area contributed by atoms with E-state index < -0.39 is 10.0 Å². The van der Waals surface area contributed by atoms with E-state index in [0.29, 0.717) is 32.1 Å². The fraction of sp³-hybridized carbons (Fsp3) is 0.650. The number of hydrogen-bond acceptors (Lipinski definition) is 5. The first-order chi connectivity index (χ1) is 13.6. The van der Waals surface area contributed by atoms with Crippen LogP contribution in [0.4, 0.5) is 0 Å². The van der Waals surface area contributed by atoms with Gasteiger partial charge in [-0.15, -0.1) is 0 Å². The summed E-state index contributed by atoms with van der Waals surface area (Å²) in [6.45, 7) is 1.49. The molecule has 2 fully saturated rings. The Morgan fingerprint density at radius 1 is 1.04 bits per heavy atom. The Balaban J connectivity index is 1.49. The number of morpholine rings is 1. The van der Waals surface area contributed by atoms with Gasteiger partial charge in [-0.2, -0.15) is 4.31 Å². The Kier molecular flexibility index (Phi) is 7.70. The van der Waals surface area contributed by atoms with Gasteiger partial charge in [-0.05, 0) is 37.1 Å². The van der Waals surface area contributed by atoms with E-state index in [1.807, 2.05) is 0 Å². The topological polar surface area (TPSA) is 84.9 Å². The van der Waals surface area contributed by atoms with Crippen molar-refractivity contribution in [1.29, 1.82) is 0 Å². The van der Waals surface area contributed by atoms with Crippen molar-refractivity contribution in [3.8, 4) is 5.75 Å². The average Bonchev–Trinajstić information content (AvgIpc) is 2.69. The molecule has 1 aliphatic heterocycles. The van der Waals surface area contributed by atoms with Gasteiger partial charge >= 0.3 is 0 Å². The molecule has 0 aromatic heterocycles. The van der Waals surface area contributed by atoms with Gasteiger partial charge in [0.05, 0.1) is 18.1 Å². The van der Waals surface area contributed by atoms with E-state index in [1.165, 1.54) is 35.7 Å². The minimum absolute atomic E-state index is 0.0634. The number of sulfonamides is 1. The molecule has 1 amide bonds. The van der Waals surface area contributed by atoms with Crippen LogP contribution in [0.25, 0.3) is 0 Å². The van der Waals surface area contributed by atoms with Crippen LogP contribution in [0.15, 0.2) is 29.2 Å². The predicted molar refractivity (Wildman–Crippen MR) is 106 cm³/mol. The summed E-state index contributed by atoms with van der Waals surface area (Å²) >= 11 is 0. The molecular formula is C20H30N2O5S. The van der Waals surface area contributed by atoms with Crippen LogP contribution >= 0.6 is 0 Å². The smallest absolute Gasteiger partial charge is 0.258 e. The van der Waals surface area contributed by atoms with Crippen LogP contribution in [0.1, 0.15) is 44.9 Å². The van der Waals surface area contributed by atoms with E-state index in [-0.39, 0.29) is 23.5 Å². The van der Waals surface area contributed by atoms with Crippen LogP contribution < -0.4 is 10.1 Å². The van der Waals surface area contributed by atoms with E-state index in [2.05, 4.69) is 5.32 Å². The van der Waals surface area contributed by atoms with E-state index in [9.17, 15) is 13.2 Å². The molecule has 1 saturated heterocycles. The van der Waals surface area contributed by atoms with Crippen molar-refractivity contribution in [3.05, 3.63) is 24.3 Å². The third-order valence-corrected chi connectivity index (χ3v) is 7.18. The molecule has 1 aliphatic carbocycles. The highest BCUT2D eigenvalue weighted by atomic mass is 32.2. The van der Waals surface area contributed by atoms with E-state index in [0.717, 1.165) is 25.7 Å². The second-order valence-corrected chi connectivity index (χ2v) is 9.32. The van der Waals surface area contributed by atoms with Crippen LogP contribution in [-0.2, 0) is 19.6 Å². The number of nitrogens with one attached hydrogen (secondary N) is 1. The van der Waals surface area contributed by atoms with E-state index >= 15 is 0 Å². The molecule has 7 nitrogen and oxygen atoms in total. The minimum Gasteiger partial charge on any atom is -0.484 e. The van der Waals surface area contributed by atoms with Crippen molar-refractivity contribution in [3.63, 3.8) is 0 Å². The first-order valence-electron chi connectivity index (χ1n) is 10.2. The normalized spacial score (nSPS) is 20.1. The van der Waals surface area contributed by atoms with Gasteiger partial charge in [0.15, 0.2) is 6.61 Å². The van der Waals surface area contributed by atoms with E-state index in [4.69, 9.17) is 9.47 Å². The molecule has 2 aliphatic rings. The third kappa shape index (κ3) is 5.93. The largest absolute Gasteiger partial charge is 0.484 e. The molecule has 1 aromatic carbocycles. The Bertz CT molecular complexity index is 721. The number of carbonyl (C=O) groups is 1. The lowest BCUT2D eigenvalue weighted by molar-refractivity contribution is -0.123. The molecule has 1 aromatic rings.